The summed E-state index contributed by atoms with van der Waals surface area (Å²) in [7, 11) is 0. The highest BCUT2D eigenvalue weighted by Gasteiger charge is 2.11. The molecule has 1 unspecified atom stereocenters. The summed E-state index contributed by atoms with van der Waals surface area (Å²) in [6.07, 6.45) is 0. The number of rotatable bonds is 4. The van der Waals surface area contributed by atoms with Crippen molar-refractivity contribution in [2.75, 3.05) is 11.9 Å². The van der Waals surface area contributed by atoms with Gasteiger partial charge in [-0.25, -0.2) is 4.39 Å². The summed E-state index contributed by atoms with van der Waals surface area (Å²) >= 11 is 0. The van der Waals surface area contributed by atoms with Gasteiger partial charge in [-0.1, -0.05) is 13.8 Å². The topological polar surface area (TPSA) is 61.8 Å². The SMILES string of the molecule is CC(C)C(CN)Nc1cc(F)cc(C#N)c1. The Hall–Kier alpha value is -1.60. The number of anilines is 1. The van der Waals surface area contributed by atoms with E-state index in [-0.39, 0.29) is 6.04 Å². The van der Waals surface area contributed by atoms with Crippen LogP contribution in [0.1, 0.15) is 19.4 Å². The standard InChI is InChI=1S/C12H16FN3/c1-8(2)12(7-15)16-11-4-9(6-14)3-10(13)5-11/h3-5,8,12,16H,7,15H2,1-2H3. The van der Waals surface area contributed by atoms with Crippen LogP contribution in [0.2, 0.25) is 0 Å². The van der Waals surface area contributed by atoms with Crippen LogP contribution in [0.3, 0.4) is 0 Å². The first kappa shape index (κ1) is 12.5. The molecule has 0 aliphatic carbocycles. The zero-order valence-electron chi connectivity index (χ0n) is 9.50. The van der Waals surface area contributed by atoms with Gasteiger partial charge in [0, 0.05) is 18.3 Å². The van der Waals surface area contributed by atoms with E-state index in [1.165, 1.54) is 12.1 Å². The first-order valence-electron chi connectivity index (χ1n) is 5.24. The molecule has 16 heavy (non-hydrogen) atoms. The van der Waals surface area contributed by atoms with Crippen LogP contribution in [0.4, 0.5) is 10.1 Å². The second-order valence-electron chi connectivity index (χ2n) is 4.07. The molecule has 0 aliphatic heterocycles. The van der Waals surface area contributed by atoms with E-state index in [0.29, 0.717) is 23.7 Å². The lowest BCUT2D eigenvalue weighted by Crippen LogP contribution is -2.33. The summed E-state index contributed by atoms with van der Waals surface area (Å²) in [5, 5.41) is 11.8. The number of benzene rings is 1. The maximum atomic E-state index is 13.1. The van der Waals surface area contributed by atoms with Crippen molar-refractivity contribution in [3.63, 3.8) is 0 Å². The molecule has 4 heteroatoms. The van der Waals surface area contributed by atoms with Gasteiger partial charge in [-0.2, -0.15) is 5.26 Å². The molecule has 1 aromatic carbocycles. The summed E-state index contributed by atoms with van der Waals surface area (Å²) in [5.41, 5.74) is 6.51. The van der Waals surface area contributed by atoms with E-state index in [9.17, 15) is 4.39 Å². The van der Waals surface area contributed by atoms with Crippen LogP contribution < -0.4 is 11.1 Å². The average molecular weight is 221 g/mol. The molecule has 0 radical (unpaired) electrons. The van der Waals surface area contributed by atoms with Crippen molar-refractivity contribution in [3.8, 4) is 6.07 Å². The Morgan fingerprint density at radius 2 is 2.12 bits per heavy atom. The van der Waals surface area contributed by atoms with E-state index in [4.69, 9.17) is 11.0 Å². The molecule has 0 saturated heterocycles. The number of hydrogen-bond acceptors (Lipinski definition) is 3. The smallest absolute Gasteiger partial charge is 0.126 e. The van der Waals surface area contributed by atoms with Gasteiger partial charge >= 0.3 is 0 Å². The molecule has 0 aliphatic rings. The summed E-state index contributed by atoms with van der Waals surface area (Å²) in [5.74, 6) is -0.0696. The van der Waals surface area contributed by atoms with Crippen LogP contribution in [0.5, 0.6) is 0 Å². The summed E-state index contributed by atoms with van der Waals surface area (Å²) < 4.78 is 13.1. The molecule has 0 aromatic heterocycles. The normalized spacial score (nSPS) is 12.2. The molecule has 0 bridgehead atoms. The van der Waals surface area contributed by atoms with Gasteiger partial charge in [-0.05, 0) is 24.1 Å². The number of nitriles is 1. The van der Waals surface area contributed by atoms with Gasteiger partial charge in [0.05, 0.1) is 11.6 Å². The zero-order chi connectivity index (χ0) is 12.1. The lowest BCUT2D eigenvalue weighted by atomic mass is 10.0. The van der Waals surface area contributed by atoms with Crippen molar-refractivity contribution in [2.24, 2.45) is 11.7 Å². The summed E-state index contributed by atoms with van der Waals surface area (Å²) in [6.45, 7) is 4.54. The summed E-state index contributed by atoms with van der Waals surface area (Å²) in [4.78, 5) is 0. The van der Waals surface area contributed by atoms with E-state index < -0.39 is 5.82 Å². The predicted molar refractivity (Wildman–Crippen MR) is 62.4 cm³/mol. The van der Waals surface area contributed by atoms with Crippen molar-refractivity contribution in [1.82, 2.24) is 0 Å². The van der Waals surface area contributed by atoms with E-state index in [2.05, 4.69) is 5.32 Å². The third-order valence-corrected chi connectivity index (χ3v) is 2.44. The van der Waals surface area contributed by atoms with Crippen LogP contribution in [0, 0.1) is 23.1 Å². The van der Waals surface area contributed by atoms with E-state index >= 15 is 0 Å². The second-order valence-corrected chi connectivity index (χ2v) is 4.07. The fraction of sp³-hybridized carbons (Fsp3) is 0.417. The fourth-order valence-corrected chi connectivity index (χ4v) is 1.45. The first-order chi connectivity index (χ1) is 7.56. The molecule has 0 spiro atoms. The average Bonchev–Trinajstić information content (AvgIpc) is 2.24. The molecule has 0 saturated carbocycles. The number of hydrogen-bond donors (Lipinski definition) is 2. The lowest BCUT2D eigenvalue weighted by Gasteiger charge is -2.21. The molecule has 0 heterocycles. The van der Waals surface area contributed by atoms with Gasteiger partial charge in [-0.3, -0.25) is 0 Å². The van der Waals surface area contributed by atoms with Crippen molar-refractivity contribution in [3.05, 3.63) is 29.6 Å². The molecule has 0 fully saturated rings. The minimum Gasteiger partial charge on any atom is -0.381 e. The molecule has 1 atom stereocenters. The van der Waals surface area contributed by atoms with Crippen molar-refractivity contribution in [2.45, 2.75) is 19.9 Å². The molecular formula is C12H16FN3. The highest BCUT2D eigenvalue weighted by Crippen LogP contribution is 2.16. The molecule has 86 valence electrons. The highest BCUT2D eigenvalue weighted by molar-refractivity contribution is 5.50. The first-order valence-corrected chi connectivity index (χ1v) is 5.24. The third-order valence-electron chi connectivity index (χ3n) is 2.44. The molecule has 3 N–H and O–H groups in total. The maximum absolute atomic E-state index is 13.1. The molecule has 1 rings (SSSR count). The predicted octanol–water partition coefficient (Wildman–Crippen LogP) is 2.09. The molecule has 0 amide bonds. The van der Waals surface area contributed by atoms with Gasteiger partial charge in [0.1, 0.15) is 5.82 Å². The Morgan fingerprint density at radius 1 is 1.44 bits per heavy atom. The number of nitrogens with zero attached hydrogens (tertiary/aromatic N) is 1. The van der Waals surface area contributed by atoms with Crippen LogP contribution in [-0.2, 0) is 0 Å². The Labute approximate surface area is 95.1 Å². The van der Waals surface area contributed by atoms with Gasteiger partial charge in [0.25, 0.3) is 0 Å². The van der Waals surface area contributed by atoms with Crippen molar-refractivity contribution in [1.29, 1.82) is 5.26 Å². The van der Waals surface area contributed by atoms with Crippen LogP contribution in [0.25, 0.3) is 0 Å². The van der Waals surface area contributed by atoms with E-state index in [1.807, 2.05) is 19.9 Å². The van der Waals surface area contributed by atoms with Gasteiger partial charge in [0.2, 0.25) is 0 Å². The Bertz CT molecular complexity index is 396. The van der Waals surface area contributed by atoms with Gasteiger partial charge in [-0.15, -0.1) is 0 Å². The quantitative estimate of drug-likeness (QED) is 0.818. The van der Waals surface area contributed by atoms with Crippen molar-refractivity contribution < 1.29 is 4.39 Å². The summed E-state index contributed by atoms with van der Waals surface area (Å²) in [6, 6.07) is 6.19. The Morgan fingerprint density at radius 3 is 2.62 bits per heavy atom. The van der Waals surface area contributed by atoms with Crippen LogP contribution in [-0.4, -0.2) is 12.6 Å². The highest BCUT2D eigenvalue weighted by atomic mass is 19.1. The van der Waals surface area contributed by atoms with Crippen molar-refractivity contribution >= 4 is 5.69 Å². The minimum absolute atomic E-state index is 0.0772. The van der Waals surface area contributed by atoms with E-state index in [0.717, 1.165) is 0 Å². The fourth-order valence-electron chi connectivity index (χ4n) is 1.45. The number of nitrogens with one attached hydrogen (secondary N) is 1. The van der Waals surface area contributed by atoms with Gasteiger partial charge < -0.3 is 11.1 Å². The number of halogens is 1. The Balaban J connectivity index is 2.88. The minimum atomic E-state index is -0.416. The Kier molecular flexibility index (Phi) is 4.27. The lowest BCUT2D eigenvalue weighted by molar-refractivity contribution is 0.531. The van der Waals surface area contributed by atoms with E-state index in [1.54, 1.807) is 6.07 Å². The largest absolute Gasteiger partial charge is 0.381 e. The monoisotopic (exact) mass is 221 g/mol. The van der Waals surface area contributed by atoms with Gasteiger partial charge in [0.15, 0.2) is 0 Å². The molecule has 3 nitrogen and oxygen atoms in total. The number of nitrogens with two attached hydrogens (primary N) is 1. The maximum Gasteiger partial charge on any atom is 0.126 e. The molecule has 1 aromatic rings. The zero-order valence-corrected chi connectivity index (χ0v) is 9.50. The molecular weight excluding hydrogens is 205 g/mol. The third kappa shape index (κ3) is 3.21. The van der Waals surface area contributed by atoms with Crippen LogP contribution in [0.15, 0.2) is 18.2 Å². The van der Waals surface area contributed by atoms with Crippen LogP contribution >= 0.6 is 0 Å². The second kappa shape index (κ2) is 5.47.